The minimum absolute atomic E-state index is 0.0173. The number of rotatable bonds is 5. The highest BCUT2D eigenvalue weighted by Crippen LogP contribution is 2.40. The maximum atomic E-state index is 13.3. The highest BCUT2D eigenvalue weighted by molar-refractivity contribution is 6.04. The molecule has 0 bridgehead atoms. The van der Waals surface area contributed by atoms with Crippen LogP contribution in [-0.4, -0.2) is 47.1 Å². The fraction of sp³-hybridized carbons (Fsp3) is 0.478. The summed E-state index contributed by atoms with van der Waals surface area (Å²) < 4.78 is 0. The Balaban J connectivity index is 1.61. The second-order valence-corrected chi connectivity index (χ2v) is 8.01. The number of carbonyl (C=O) groups is 2. The van der Waals surface area contributed by atoms with Crippen LogP contribution >= 0.6 is 0 Å². The number of benzene rings is 2. The average molecular weight is 380 g/mol. The van der Waals surface area contributed by atoms with Gasteiger partial charge >= 0.3 is 5.97 Å². The summed E-state index contributed by atoms with van der Waals surface area (Å²) in [6.07, 6.45) is 5.06. The third-order valence-electron chi connectivity index (χ3n) is 6.50. The topological polar surface area (TPSA) is 60.9 Å². The van der Waals surface area contributed by atoms with E-state index in [0.29, 0.717) is 18.9 Å². The van der Waals surface area contributed by atoms with Crippen LogP contribution in [0.25, 0.3) is 10.8 Å². The Morgan fingerprint density at radius 2 is 1.86 bits per heavy atom. The minimum atomic E-state index is -0.796. The minimum Gasteiger partial charge on any atom is -0.480 e. The SMILES string of the molecule is CCN(C(=O)CN1C(C(=O)O)CC2CCCCC21)c1cccc2ccccc12. The lowest BCUT2D eigenvalue weighted by Crippen LogP contribution is -2.48. The number of carboxylic acid groups (broad SMARTS) is 1. The van der Waals surface area contributed by atoms with Crippen molar-refractivity contribution in [2.75, 3.05) is 18.0 Å². The lowest BCUT2D eigenvalue weighted by molar-refractivity contribution is -0.143. The van der Waals surface area contributed by atoms with Crippen LogP contribution in [0.4, 0.5) is 5.69 Å². The van der Waals surface area contributed by atoms with Gasteiger partial charge < -0.3 is 10.0 Å². The number of fused-ring (bicyclic) bond motifs is 2. The van der Waals surface area contributed by atoms with Crippen molar-refractivity contribution in [2.45, 2.75) is 51.1 Å². The molecule has 5 heteroatoms. The van der Waals surface area contributed by atoms with E-state index in [1.54, 1.807) is 4.90 Å². The van der Waals surface area contributed by atoms with Gasteiger partial charge in [-0.1, -0.05) is 49.2 Å². The predicted molar refractivity (Wildman–Crippen MR) is 110 cm³/mol. The fourth-order valence-corrected chi connectivity index (χ4v) is 5.19. The number of amides is 1. The van der Waals surface area contributed by atoms with Crippen LogP contribution in [0, 0.1) is 5.92 Å². The smallest absolute Gasteiger partial charge is 0.320 e. The molecular formula is C23H28N2O3. The molecule has 1 saturated carbocycles. The Morgan fingerprint density at radius 1 is 1.11 bits per heavy atom. The molecule has 2 fully saturated rings. The standard InChI is InChI=1S/C23H28N2O3/c1-2-24(20-13-7-10-16-8-3-5-11-18(16)20)22(26)15-25-19-12-6-4-9-17(19)14-21(25)23(27)28/h3,5,7-8,10-11,13,17,19,21H,2,4,6,9,12,14-15H2,1H3,(H,27,28). The van der Waals surface area contributed by atoms with Crippen LogP contribution in [0.2, 0.25) is 0 Å². The quantitative estimate of drug-likeness (QED) is 0.854. The van der Waals surface area contributed by atoms with Crippen LogP contribution in [0.5, 0.6) is 0 Å². The summed E-state index contributed by atoms with van der Waals surface area (Å²) >= 11 is 0. The molecule has 0 radical (unpaired) electrons. The Kier molecular flexibility index (Phi) is 5.36. The first-order chi connectivity index (χ1) is 13.6. The molecule has 3 atom stereocenters. The molecule has 2 aliphatic rings. The van der Waals surface area contributed by atoms with Crippen molar-refractivity contribution in [3.8, 4) is 0 Å². The first kappa shape index (κ1) is 18.9. The molecule has 4 rings (SSSR count). The zero-order valence-corrected chi connectivity index (χ0v) is 16.4. The number of aliphatic carboxylic acids is 1. The van der Waals surface area contributed by atoms with Gasteiger partial charge in [-0.25, -0.2) is 0 Å². The molecule has 2 aromatic rings. The van der Waals surface area contributed by atoms with Crippen molar-refractivity contribution in [2.24, 2.45) is 5.92 Å². The third-order valence-corrected chi connectivity index (χ3v) is 6.50. The summed E-state index contributed by atoms with van der Waals surface area (Å²) in [5, 5.41) is 11.9. The lowest BCUT2D eigenvalue weighted by atomic mass is 9.85. The zero-order chi connectivity index (χ0) is 19.7. The van der Waals surface area contributed by atoms with E-state index in [1.807, 2.05) is 54.3 Å². The normalized spacial score (nSPS) is 24.8. The highest BCUT2D eigenvalue weighted by atomic mass is 16.4. The summed E-state index contributed by atoms with van der Waals surface area (Å²) in [6, 6.07) is 13.7. The van der Waals surface area contributed by atoms with E-state index in [0.717, 1.165) is 35.7 Å². The maximum Gasteiger partial charge on any atom is 0.320 e. The Bertz CT molecular complexity index is 876. The number of likely N-dealkylation sites (N-methyl/N-ethyl adjacent to an activating group) is 1. The van der Waals surface area contributed by atoms with Crippen molar-refractivity contribution in [3.05, 3.63) is 42.5 Å². The van der Waals surface area contributed by atoms with Crippen molar-refractivity contribution in [3.63, 3.8) is 0 Å². The van der Waals surface area contributed by atoms with Gasteiger partial charge in [0.25, 0.3) is 0 Å². The fourth-order valence-electron chi connectivity index (χ4n) is 5.19. The molecule has 28 heavy (non-hydrogen) atoms. The largest absolute Gasteiger partial charge is 0.480 e. The van der Waals surface area contributed by atoms with Crippen LogP contribution in [0.3, 0.4) is 0 Å². The number of hydrogen-bond acceptors (Lipinski definition) is 3. The first-order valence-corrected chi connectivity index (χ1v) is 10.4. The summed E-state index contributed by atoms with van der Waals surface area (Å²) in [7, 11) is 0. The van der Waals surface area contributed by atoms with Crippen molar-refractivity contribution in [1.82, 2.24) is 4.90 Å². The van der Waals surface area contributed by atoms with E-state index >= 15 is 0 Å². The van der Waals surface area contributed by atoms with Gasteiger partial charge in [-0.05, 0) is 43.6 Å². The van der Waals surface area contributed by atoms with E-state index in [2.05, 4.69) is 0 Å². The molecule has 148 valence electrons. The van der Waals surface area contributed by atoms with Gasteiger partial charge in [-0.15, -0.1) is 0 Å². The van der Waals surface area contributed by atoms with E-state index in [4.69, 9.17) is 0 Å². The highest BCUT2D eigenvalue weighted by Gasteiger charge is 2.46. The summed E-state index contributed by atoms with van der Waals surface area (Å²) in [4.78, 5) is 28.9. The summed E-state index contributed by atoms with van der Waals surface area (Å²) in [5.74, 6) is -0.401. The van der Waals surface area contributed by atoms with Crippen LogP contribution in [0.1, 0.15) is 39.0 Å². The molecular weight excluding hydrogens is 352 g/mol. The maximum absolute atomic E-state index is 13.3. The molecule has 1 aliphatic heterocycles. The Hall–Kier alpha value is -2.40. The van der Waals surface area contributed by atoms with Gasteiger partial charge in [0.1, 0.15) is 6.04 Å². The van der Waals surface area contributed by atoms with Crippen molar-refractivity contribution in [1.29, 1.82) is 0 Å². The second-order valence-electron chi connectivity index (χ2n) is 8.01. The number of carbonyl (C=O) groups excluding carboxylic acids is 1. The van der Waals surface area contributed by atoms with Gasteiger partial charge in [0.15, 0.2) is 0 Å². The molecule has 1 aliphatic carbocycles. The molecule has 1 saturated heterocycles. The summed E-state index contributed by atoms with van der Waals surface area (Å²) in [5.41, 5.74) is 0.900. The number of carboxylic acids is 1. The van der Waals surface area contributed by atoms with Gasteiger partial charge in [0, 0.05) is 18.0 Å². The number of likely N-dealkylation sites (tertiary alicyclic amines) is 1. The molecule has 3 unspecified atom stereocenters. The van der Waals surface area contributed by atoms with Gasteiger partial charge in [-0.3, -0.25) is 14.5 Å². The molecule has 0 aromatic heterocycles. The number of nitrogens with zero attached hydrogens (tertiary/aromatic N) is 2. The van der Waals surface area contributed by atoms with Crippen LogP contribution in [-0.2, 0) is 9.59 Å². The van der Waals surface area contributed by atoms with Crippen LogP contribution < -0.4 is 4.90 Å². The lowest BCUT2D eigenvalue weighted by Gasteiger charge is -2.34. The molecule has 1 amide bonds. The van der Waals surface area contributed by atoms with E-state index in [-0.39, 0.29) is 18.5 Å². The molecule has 1 heterocycles. The predicted octanol–water partition coefficient (Wildman–Crippen LogP) is 3.91. The Labute approximate surface area is 165 Å². The Morgan fingerprint density at radius 3 is 2.64 bits per heavy atom. The summed E-state index contributed by atoms with van der Waals surface area (Å²) in [6.45, 7) is 2.71. The molecule has 0 spiro atoms. The number of anilines is 1. The van der Waals surface area contributed by atoms with Gasteiger partial charge in [0.05, 0.1) is 12.2 Å². The monoisotopic (exact) mass is 380 g/mol. The van der Waals surface area contributed by atoms with Gasteiger partial charge in [-0.2, -0.15) is 0 Å². The van der Waals surface area contributed by atoms with Gasteiger partial charge in [0.2, 0.25) is 5.91 Å². The van der Waals surface area contributed by atoms with Crippen molar-refractivity contribution >= 4 is 28.3 Å². The van der Waals surface area contributed by atoms with Crippen molar-refractivity contribution < 1.29 is 14.7 Å². The third kappa shape index (κ3) is 3.39. The van der Waals surface area contributed by atoms with E-state index < -0.39 is 12.0 Å². The number of hydrogen-bond donors (Lipinski definition) is 1. The second kappa shape index (κ2) is 7.92. The molecule has 5 nitrogen and oxygen atoms in total. The zero-order valence-electron chi connectivity index (χ0n) is 16.4. The molecule has 1 N–H and O–H groups in total. The first-order valence-electron chi connectivity index (χ1n) is 10.4. The average Bonchev–Trinajstić information content (AvgIpc) is 3.08. The molecule has 2 aromatic carbocycles. The van der Waals surface area contributed by atoms with E-state index in [1.165, 1.54) is 6.42 Å². The van der Waals surface area contributed by atoms with E-state index in [9.17, 15) is 14.7 Å². The van der Waals surface area contributed by atoms with Crippen LogP contribution in [0.15, 0.2) is 42.5 Å².